The highest BCUT2D eigenvalue weighted by atomic mass is 15.3. The molecule has 4 heteroatoms. The maximum Gasteiger partial charge on any atom is 0.116 e. The van der Waals surface area contributed by atoms with E-state index in [0.717, 1.165) is 24.2 Å². The van der Waals surface area contributed by atoms with Crippen molar-refractivity contribution >= 4 is 0 Å². The molecule has 0 radical (unpaired) electrons. The van der Waals surface area contributed by atoms with E-state index in [1.54, 1.807) is 18.6 Å². The highest BCUT2D eigenvalue weighted by molar-refractivity contribution is 5.59. The number of aryl methyl sites for hydroxylation is 1. The second-order valence-corrected chi connectivity index (χ2v) is 4.20. The van der Waals surface area contributed by atoms with Gasteiger partial charge in [0.25, 0.3) is 0 Å². The van der Waals surface area contributed by atoms with Gasteiger partial charge in [-0.3, -0.25) is 14.6 Å². The van der Waals surface area contributed by atoms with E-state index in [0.29, 0.717) is 0 Å². The SMILES string of the molecule is Cn1nc(-c2cnccn2)c2c1CCCC2. The van der Waals surface area contributed by atoms with Crippen molar-refractivity contribution < 1.29 is 0 Å². The fourth-order valence-electron chi connectivity index (χ4n) is 2.40. The van der Waals surface area contributed by atoms with Crippen LogP contribution in [0.25, 0.3) is 11.4 Å². The summed E-state index contributed by atoms with van der Waals surface area (Å²) in [5, 5.41) is 4.58. The maximum absolute atomic E-state index is 4.58. The lowest BCUT2D eigenvalue weighted by Crippen LogP contribution is -2.05. The van der Waals surface area contributed by atoms with Crippen LogP contribution in [-0.2, 0) is 19.9 Å². The number of hydrogen-bond donors (Lipinski definition) is 0. The summed E-state index contributed by atoms with van der Waals surface area (Å²) in [5.41, 5.74) is 4.65. The Morgan fingerprint density at radius 1 is 1.19 bits per heavy atom. The molecule has 0 spiro atoms. The zero-order chi connectivity index (χ0) is 11.0. The molecule has 1 aliphatic rings. The van der Waals surface area contributed by atoms with Crippen LogP contribution in [0.1, 0.15) is 24.1 Å². The van der Waals surface area contributed by atoms with Crippen molar-refractivity contribution in [3.05, 3.63) is 29.8 Å². The first-order valence-electron chi connectivity index (χ1n) is 5.67. The molecule has 0 aliphatic heterocycles. The topological polar surface area (TPSA) is 43.6 Å². The fraction of sp³-hybridized carbons (Fsp3) is 0.417. The van der Waals surface area contributed by atoms with Gasteiger partial charge in [-0.25, -0.2) is 0 Å². The van der Waals surface area contributed by atoms with Gasteiger partial charge in [0.1, 0.15) is 11.4 Å². The molecule has 0 saturated carbocycles. The molecule has 0 N–H and O–H groups in total. The summed E-state index contributed by atoms with van der Waals surface area (Å²) in [4.78, 5) is 8.44. The van der Waals surface area contributed by atoms with Crippen LogP contribution < -0.4 is 0 Å². The predicted octanol–water partition coefficient (Wildman–Crippen LogP) is 1.76. The van der Waals surface area contributed by atoms with Gasteiger partial charge in [0.15, 0.2) is 0 Å². The van der Waals surface area contributed by atoms with Gasteiger partial charge in [-0.1, -0.05) is 0 Å². The van der Waals surface area contributed by atoms with Gasteiger partial charge < -0.3 is 0 Å². The number of rotatable bonds is 1. The third-order valence-corrected chi connectivity index (χ3v) is 3.17. The number of nitrogens with zero attached hydrogens (tertiary/aromatic N) is 4. The molecule has 0 fully saturated rings. The van der Waals surface area contributed by atoms with Gasteiger partial charge in [0.2, 0.25) is 0 Å². The molecular weight excluding hydrogens is 200 g/mol. The zero-order valence-electron chi connectivity index (χ0n) is 9.35. The van der Waals surface area contributed by atoms with Crippen LogP contribution in [0.15, 0.2) is 18.6 Å². The number of hydrogen-bond acceptors (Lipinski definition) is 3. The summed E-state index contributed by atoms with van der Waals surface area (Å²) in [7, 11) is 2.02. The Balaban J connectivity index is 2.15. The molecular formula is C12H14N4. The minimum Gasteiger partial charge on any atom is -0.272 e. The minimum atomic E-state index is 0.890. The molecule has 1 aliphatic carbocycles. The standard InChI is InChI=1S/C12H14N4/c1-16-11-5-3-2-4-9(11)12(15-16)10-8-13-6-7-14-10/h6-8H,2-5H2,1H3. The zero-order valence-corrected chi connectivity index (χ0v) is 9.35. The molecule has 0 saturated heterocycles. The minimum absolute atomic E-state index is 0.890. The summed E-state index contributed by atoms with van der Waals surface area (Å²) in [6.45, 7) is 0. The molecule has 0 aromatic carbocycles. The first-order chi connectivity index (χ1) is 7.86. The molecule has 0 bridgehead atoms. The first kappa shape index (κ1) is 9.51. The Bertz CT molecular complexity index is 501. The number of fused-ring (bicyclic) bond motifs is 1. The Labute approximate surface area is 94.4 Å². The largest absolute Gasteiger partial charge is 0.272 e. The van der Waals surface area contributed by atoms with E-state index < -0.39 is 0 Å². The average molecular weight is 214 g/mol. The van der Waals surface area contributed by atoms with Crippen LogP contribution in [0, 0.1) is 0 Å². The fourth-order valence-corrected chi connectivity index (χ4v) is 2.40. The summed E-state index contributed by atoms with van der Waals surface area (Å²) in [6, 6.07) is 0. The van der Waals surface area contributed by atoms with Crippen molar-refractivity contribution in [2.75, 3.05) is 0 Å². The Kier molecular flexibility index (Phi) is 2.20. The van der Waals surface area contributed by atoms with E-state index in [1.807, 2.05) is 11.7 Å². The molecule has 3 rings (SSSR count). The van der Waals surface area contributed by atoms with Gasteiger partial charge >= 0.3 is 0 Å². The molecule has 4 nitrogen and oxygen atoms in total. The Morgan fingerprint density at radius 3 is 2.88 bits per heavy atom. The van der Waals surface area contributed by atoms with Crippen molar-refractivity contribution in [3.8, 4) is 11.4 Å². The van der Waals surface area contributed by atoms with Gasteiger partial charge in [0, 0.05) is 30.7 Å². The lowest BCUT2D eigenvalue weighted by molar-refractivity contribution is 0.626. The van der Waals surface area contributed by atoms with Crippen LogP contribution in [0.5, 0.6) is 0 Å². The van der Waals surface area contributed by atoms with Crippen LogP contribution in [-0.4, -0.2) is 19.7 Å². The van der Waals surface area contributed by atoms with Crippen LogP contribution in [0.3, 0.4) is 0 Å². The molecule has 0 atom stereocenters. The smallest absolute Gasteiger partial charge is 0.116 e. The van der Waals surface area contributed by atoms with E-state index in [9.17, 15) is 0 Å². The van der Waals surface area contributed by atoms with Crippen LogP contribution in [0.4, 0.5) is 0 Å². The van der Waals surface area contributed by atoms with E-state index in [4.69, 9.17) is 0 Å². The molecule has 16 heavy (non-hydrogen) atoms. The van der Waals surface area contributed by atoms with Crippen molar-refractivity contribution in [3.63, 3.8) is 0 Å². The van der Waals surface area contributed by atoms with E-state index in [1.165, 1.54) is 24.1 Å². The van der Waals surface area contributed by atoms with Crippen molar-refractivity contribution in [2.45, 2.75) is 25.7 Å². The van der Waals surface area contributed by atoms with Crippen LogP contribution in [0.2, 0.25) is 0 Å². The van der Waals surface area contributed by atoms with Gasteiger partial charge in [0.05, 0.1) is 6.20 Å². The molecule has 82 valence electrons. The van der Waals surface area contributed by atoms with Gasteiger partial charge in [-0.05, 0) is 25.7 Å². The van der Waals surface area contributed by atoms with Crippen molar-refractivity contribution in [1.82, 2.24) is 19.7 Å². The molecule has 2 aromatic heterocycles. The summed E-state index contributed by atoms with van der Waals surface area (Å²) in [5.74, 6) is 0. The lowest BCUT2D eigenvalue weighted by atomic mass is 9.95. The molecule has 0 unspecified atom stereocenters. The predicted molar refractivity (Wildman–Crippen MR) is 60.9 cm³/mol. The van der Waals surface area contributed by atoms with Crippen LogP contribution >= 0.6 is 0 Å². The maximum atomic E-state index is 4.58. The average Bonchev–Trinajstić information content (AvgIpc) is 2.69. The Hall–Kier alpha value is -1.71. The second kappa shape index (κ2) is 3.70. The van der Waals surface area contributed by atoms with Gasteiger partial charge in [-0.2, -0.15) is 5.10 Å². The highest BCUT2D eigenvalue weighted by Crippen LogP contribution is 2.29. The summed E-state index contributed by atoms with van der Waals surface area (Å²) >= 11 is 0. The number of aromatic nitrogens is 4. The normalized spacial score (nSPS) is 14.8. The Morgan fingerprint density at radius 2 is 2.06 bits per heavy atom. The van der Waals surface area contributed by atoms with E-state index in [-0.39, 0.29) is 0 Å². The first-order valence-corrected chi connectivity index (χ1v) is 5.67. The molecule has 2 heterocycles. The monoisotopic (exact) mass is 214 g/mol. The van der Waals surface area contributed by atoms with Crippen molar-refractivity contribution in [1.29, 1.82) is 0 Å². The summed E-state index contributed by atoms with van der Waals surface area (Å²) < 4.78 is 2.00. The summed E-state index contributed by atoms with van der Waals surface area (Å²) in [6.07, 6.45) is 9.99. The molecule has 0 amide bonds. The highest BCUT2D eigenvalue weighted by Gasteiger charge is 2.20. The third kappa shape index (κ3) is 1.41. The van der Waals surface area contributed by atoms with Crippen molar-refractivity contribution in [2.24, 2.45) is 7.05 Å². The lowest BCUT2D eigenvalue weighted by Gasteiger charge is -2.12. The quantitative estimate of drug-likeness (QED) is 0.726. The van der Waals surface area contributed by atoms with Gasteiger partial charge in [-0.15, -0.1) is 0 Å². The van der Waals surface area contributed by atoms with E-state index >= 15 is 0 Å². The second-order valence-electron chi connectivity index (χ2n) is 4.20. The van der Waals surface area contributed by atoms with E-state index in [2.05, 4.69) is 15.1 Å². The molecule has 2 aromatic rings. The third-order valence-electron chi connectivity index (χ3n) is 3.17.